The van der Waals surface area contributed by atoms with Crippen LogP contribution in [0.2, 0.25) is 0 Å². The van der Waals surface area contributed by atoms with Crippen molar-refractivity contribution in [3.8, 4) is 0 Å². The van der Waals surface area contributed by atoms with E-state index in [0.29, 0.717) is 18.8 Å². The molecule has 0 bridgehead atoms. The van der Waals surface area contributed by atoms with E-state index >= 15 is 0 Å². The average Bonchev–Trinajstić information content (AvgIpc) is 2.68. The van der Waals surface area contributed by atoms with Crippen molar-refractivity contribution in [2.24, 2.45) is 5.92 Å². The third kappa shape index (κ3) is 6.82. The number of rotatable bonds is 9. The largest absolute Gasteiger partial charge is 0.452 e. The van der Waals surface area contributed by atoms with Crippen LogP contribution in [0.4, 0.5) is 0 Å². The van der Waals surface area contributed by atoms with Gasteiger partial charge < -0.3 is 15.7 Å². The molecule has 1 aromatic heterocycles. The molecule has 0 saturated heterocycles. The van der Waals surface area contributed by atoms with Gasteiger partial charge in [0.1, 0.15) is 11.7 Å². The molecule has 2 aromatic rings. The van der Waals surface area contributed by atoms with E-state index in [1.807, 2.05) is 44.2 Å². The second kappa shape index (κ2) is 10.4. The Morgan fingerprint density at radius 3 is 2.48 bits per heavy atom. The highest BCUT2D eigenvalue weighted by Gasteiger charge is 2.25. The molecule has 8 heteroatoms. The first kappa shape index (κ1) is 20.6. The van der Waals surface area contributed by atoms with Crippen LogP contribution in [0.1, 0.15) is 36.3 Å². The number of amides is 2. The van der Waals surface area contributed by atoms with E-state index in [1.54, 1.807) is 0 Å². The summed E-state index contributed by atoms with van der Waals surface area (Å²) in [6.45, 7) is 4.00. The molecule has 141 valence electrons. The predicted molar refractivity (Wildman–Crippen MR) is 103 cm³/mol. The first-order valence-corrected chi connectivity index (χ1v) is 8.88. The SMILES string of the molecule is CC(C)CC([B]O)NC(=O)C(Cc1ccccc1)NC(=O)c1cnccn1. The third-order valence-corrected chi connectivity index (χ3v) is 3.93. The fourth-order valence-corrected chi connectivity index (χ4v) is 2.66. The molecular weight excluding hydrogens is 343 g/mol. The van der Waals surface area contributed by atoms with Gasteiger partial charge in [0.2, 0.25) is 5.91 Å². The van der Waals surface area contributed by atoms with E-state index in [1.165, 1.54) is 18.6 Å². The van der Waals surface area contributed by atoms with Crippen LogP contribution < -0.4 is 10.6 Å². The summed E-state index contributed by atoms with van der Waals surface area (Å²) in [5.74, 6) is -1.04. The number of nitrogens with one attached hydrogen (secondary N) is 2. The van der Waals surface area contributed by atoms with Crippen LogP contribution in [0, 0.1) is 5.92 Å². The van der Waals surface area contributed by atoms with Gasteiger partial charge in [-0.3, -0.25) is 14.6 Å². The molecule has 0 spiro atoms. The van der Waals surface area contributed by atoms with Crippen molar-refractivity contribution < 1.29 is 14.6 Å². The summed E-state index contributed by atoms with van der Waals surface area (Å²) < 4.78 is 0. The summed E-state index contributed by atoms with van der Waals surface area (Å²) in [6, 6.07) is 8.60. The smallest absolute Gasteiger partial charge is 0.311 e. The van der Waals surface area contributed by atoms with E-state index in [9.17, 15) is 14.6 Å². The van der Waals surface area contributed by atoms with Crippen molar-refractivity contribution in [3.05, 3.63) is 60.2 Å². The fraction of sp³-hybridized carbons (Fsp3) is 0.368. The second-order valence-corrected chi connectivity index (χ2v) is 6.70. The highest BCUT2D eigenvalue weighted by Crippen LogP contribution is 2.07. The molecule has 0 aliphatic carbocycles. The third-order valence-electron chi connectivity index (χ3n) is 3.93. The van der Waals surface area contributed by atoms with E-state index in [0.717, 1.165) is 13.0 Å². The van der Waals surface area contributed by atoms with Gasteiger partial charge in [-0.25, -0.2) is 4.98 Å². The van der Waals surface area contributed by atoms with Crippen molar-refractivity contribution in [2.45, 2.75) is 38.7 Å². The van der Waals surface area contributed by atoms with E-state index in [4.69, 9.17) is 0 Å². The zero-order chi connectivity index (χ0) is 19.6. The van der Waals surface area contributed by atoms with Gasteiger partial charge >= 0.3 is 7.48 Å². The molecule has 2 atom stereocenters. The van der Waals surface area contributed by atoms with Crippen molar-refractivity contribution in [3.63, 3.8) is 0 Å². The van der Waals surface area contributed by atoms with Gasteiger partial charge in [0.25, 0.3) is 5.91 Å². The van der Waals surface area contributed by atoms with Crippen LogP contribution in [0.5, 0.6) is 0 Å². The molecule has 0 aliphatic rings. The van der Waals surface area contributed by atoms with E-state index < -0.39 is 17.9 Å². The number of carbonyl (C=O) groups is 2. The maximum absolute atomic E-state index is 12.8. The first-order chi connectivity index (χ1) is 13.0. The van der Waals surface area contributed by atoms with Crippen molar-refractivity contribution in [1.82, 2.24) is 20.6 Å². The van der Waals surface area contributed by atoms with Crippen LogP contribution in [-0.4, -0.2) is 46.3 Å². The summed E-state index contributed by atoms with van der Waals surface area (Å²) >= 11 is 0. The monoisotopic (exact) mass is 367 g/mol. The Labute approximate surface area is 159 Å². The molecule has 1 radical (unpaired) electrons. The highest BCUT2D eigenvalue weighted by molar-refractivity contribution is 6.28. The van der Waals surface area contributed by atoms with Gasteiger partial charge in [-0.15, -0.1) is 0 Å². The maximum Gasteiger partial charge on any atom is 0.311 e. The number of hydrogen-bond acceptors (Lipinski definition) is 5. The van der Waals surface area contributed by atoms with Gasteiger partial charge in [0.05, 0.1) is 6.20 Å². The van der Waals surface area contributed by atoms with Gasteiger partial charge in [0, 0.05) is 24.8 Å². The van der Waals surface area contributed by atoms with Crippen LogP contribution in [-0.2, 0) is 11.2 Å². The molecule has 2 rings (SSSR count). The molecule has 3 N–H and O–H groups in total. The van der Waals surface area contributed by atoms with Gasteiger partial charge in [-0.05, 0) is 17.9 Å². The molecule has 1 heterocycles. The molecule has 2 unspecified atom stereocenters. The summed E-state index contributed by atoms with van der Waals surface area (Å²) in [5, 5.41) is 14.9. The lowest BCUT2D eigenvalue weighted by atomic mass is 9.82. The number of nitrogens with zero attached hydrogens (tertiary/aromatic N) is 2. The molecule has 0 fully saturated rings. The zero-order valence-corrected chi connectivity index (χ0v) is 15.5. The summed E-state index contributed by atoms with van der Waals surface area (Å²) in [7, 11) is 0.974. The highest BCUT2D eigenvalue weighted by atomic mass is 16.2. The molecule has 7 nitrogen and oxygen atoms in total. The van der Waals surface area contributed by atoms with Crippen molar-refractivity contribution in [1.29, 1.82) is 0 Å². The lowest BCUT2D eigenvalue weighted by Gasteiger charge is -2.23. The van der Waals surface area contributed by atoms with Crippen LogP contribution in [0.15, 0.2) is 48.9 Å². The summed E-state index contributed by atoms with van der Waals surface area (Å²) in [6.07, 6.45) is 5.14. The van der Waals surface area contributed by atoms with Crippen molar-refractivity contribution in [2.75, 3.05) is 0 Å². The minimum atomic E-state index is -0.809. The summed E-state index contributed by atoms with van der Waals surface area (Å²) in [5.41, 5.74) is 1.04. The molecule has 0 saturated carbocycles. The van der Waals surface area contributed by atoms with E-state index in [-0.39, 0.29) is 11.6 Å². The number of carbonyl (C=O) groups excluding carboxylic acids is 2. The lowest BCUT2D eigenvalue weighted by molar-refractivity contribution is -0.123. The standard InChI is InChI=1S/C19H24BN4O3/c1-13(2)10-17(20-27)24-18(25)15(11-14-6-4-3-5-7-14)23-19(26)16-12-21-8-9-22-16/h3-9,12-13,15,17,27H,10-11H2,1-2H3,(H,23,26)(H,24,25). The van der Waals surface area contributed by atoms with Crippen LogP contribution in [0.3, 0.4) is 0 Å². The Kier molecular flexibility index (Phi) is 7.94. The Morgan fingerprint density at radius 2 is 1.89 bits per heavy atom. The van der Waals surface area contributed by atoms with Crippen LogP contribution in [0.25, 0.3) is 0 Å². The normalized spacial score (nSPS) is 12.9. The Balaban J connectivity index is 2.13. The quantitative estimate of drug-likeness (QED) is 0.572. The summed E-state index contributed by atoms with van der Waals surface area (Å²) in [4.78, 5) is 33.0. The average molecular weight is 367 g/mol. The lowest BCUT2D eigenvalue weighted by Crippen LogP contribution is -2.52. The van der Waals surface area contributed by atoms with Gasteiger partial charge in [0.15, 0.2) is 0 Å². The first-order valence-electron chi connectivity index (χ1n) is 8.88. The molecule has 2 amide bonds. The van der Waals surface area contributed by atoms with E-state index in [2.05, 4.69) is 20.6 Å². The molecule has 1 aromatic carbocycles. The fourth-order valence-electron chi connectivity index (χ4n) is 2.66. The second-order valence-electron chi connectivity index (χ2n) is 6.70. The number of hydrogen-bond donors (Lipinski definition) is 3. The van der Waals surface area contributed by atoms with Gasteiger partial charge in [-0.1, -0.05) is 44.2 Å². The van der Waals surface area contributed by atoms with Crippen LogP contribution >= 0.6 is 0 Å². The molecular formula is C19H24BN4O3. The topological polar surface area (TPSA) is 104 Å². The molecule has 0 aliphatic heterocycles. The molecule has 27 heavy (non-hydrogen) atoms. The van der Waals surface area contributed by atoms with Crippen molar-refractivity contribution >= 4 is 19.3 Å². The minimum Gasteiger partial charge on any atom is -0.452 e. The Morgan fingerprint density at radius 1 is 1.15 bits per heavy atom. The zero-order valence-electron chi connectivity index (χ0n) is 15.5. The number of benzene rings is 1. The predicted octanol–water partition coefficient (Wildman–Crippen LogP) is 0.918. The Bertz CT molecular complexity index is 728. The van der Waals surface area contributed by atoms with Gasteiger partial charge in [-0.2, -0.15) is 0 Å². The Hall–Kier alpha value is -2.74. The number of aromatic nitrogens is 2. The maximum atomic E-state index is 12.8. The minimum absolute atomic E-state index is 0.135.